The van der Waals surface area contributed by atoms with Crippen LogP contribution in [0.2, 0.25) is 0 Å². The number of para-hydroxylation sites is 1. The molecule has 0 bridgehead atoms. The molecule has 0 fully saturated rings. The average Bonchev–Trinajstić information content (AvgIpc) is 2.18. The number of hydrogen-bond donors (Lipinski definition) is 3. The first-order valence-electron chi connectivity index (χ1n) is 4.23. The predicted octanol–water partition coefficient (Wildman–Crippen LogP) is 1.26. The van der Waals surface area contributed by atoms with Gasteiger partial charge >= 0.3 is 5.97 Å². The van der Waals surface area contributed by atoms with Crippen LogP contribution in [0, 0.1) is 0 Å². The maximum Gasteiger partial charge on any atom is 0.337 e. The van der Waals surface area contributed by atoms with Gasteiger partial charge in [0.2, 0.25) is 0 Å². The minimum atomic E-state index is -1.05. The molecule has 1 heterocycles. The molecule has 0 aromatic heterocycles. The van der Waals surface area contributed by atoms with Crippen molar-refractivity contribution >= 4 is 23.3 Å². The van der Waals surface area contributed by atoms with Crippen molar-refractivity contribution in [1.29, 1.82) is 0 Å². The molecule has 15 heavy (non-hydrogen) atoms. The molecule has 5 nitrogen and oxygen atoms in total. The smallest absolute Gasteiger partial charge is 0.337 e. The van der Waals surface area contributed by atoms with Gasteiger partial charge in [-0.25, -0.2) is 4.79 Å². The highest BCUT2D eigenvalue weighted by Gasteiger charge is 2.22. The first-order valence-corrected chi connectivity index (χ1v) is 4.23. The number of aromatic carboxylic acids is 1. The lowest BCUT2D eigenvalue weighted by molar-refractivity contribution is -0.112. The Hall–Kier alpha value is -2.30. The fourth-order valence-corrected chi connectivity index (χ4v) is 1.37. The first kappa shape index (κ1) is 9.26. The van der Waals surface area contributed by atoms with Gasteiger partial charge in [-0.2, -0.15) is 0 Å². The van der Waals surface area contributed by atoms with E-state index in [2.05, 4.69) is 17.2 Å². The molecule has 0 atom stereocenters. The molecule has 1 aromatic carbocycles. The van der Waals surface area contributed by atoms with Gasteiger partial charge in [-0.15, -0.1) is 0 Å². The molecular weight excluding hydrogens is 196 g/mol. The highest BCUT2D eigenvalue weighted by molar-refractivity contribution is 6.13. The fraction of sp³-hybridized carbons (Fsp3) is 0. The Balaban J connectivity index is 2.57. The third kappa shape index (κ3) is 1.43. The summed E-state index contributed by atoms with van der Waals surface area (Å²) in [6, 6.07) is 4.65. The van der Waals surface area contributed by atoms with E-state index in [0.717, 1.165) is 0 Å². The van der Waals surface area contributed by atoms with Crippen molar-refractivity contribution in [2.45, 2.75) is 0 Å². The summed E-state index contributed by atoms with van der Waals surface area (Å²) < 4.78 is 0. The second kappa shape index (κ2) is 3.13. The third-order valence-corrected chi connectivity index (χ3v) is 2.09. The number of benzene rings is 1. The Bertz CT molecular complexity index is 480. The average molecular weight is 204 g/mol. The summed E-state index contributed by atoms with van der Waals surface area (Å²) in [6.45, 7) is 3.48. The molecule has 0 unspecified atom stereocenters. The lowest BCUT2D eigenvalue weighted by Crippen LogP contribution is -2.26. The molecule has 0 spiro atoms. The van der Waals surface area contributed by atoms with Crippen LogP contribution < -0.4 is 10.6 Å². The number of rotatable bonds is 1. The van der Waals surface area contributed by atoms with Crippen LogP contribution in [0.3, 0.4) is 0 Å². The Labute approximate surface area is 85.4 Å². The van der Waals surface area contributed by atoms with E-state index < -0.39 is 5.97 Å². The van der Waals surface area contributed by atoms with E-state index in [9.17, 15) is 9.59 Å². The first-order chi connectivity index (χ1) is 7.09. The summed E-state index contributed by atoms with van der Waals surface area (Å²) in [5, 5.41) is 14.1. The standard InChI is InChI=1S/C10H8N2O3/c1-5-9(13)12-7-4-2-3-6(10(14)15)8(7)11-5/h2-4,11H,1H2,(H,12,13)(H,14,15). The molecule has 0 saturated heterocycles. The summed E-state index contributed by atoms with van der Waals surface area (Å²) in [4.78, 5) is 22.1. The second-order valence-corrected chi connectivity index (χ2v) is 3.09. The van der Waals surface area contributed by atoms with E-state index in [1.165, 1.54) is 6.07 Å². The Morgan fingerprint density at radius 3 is 2.73 bits per heavy atom. The van der Waals surface area contributed by atoms with E-state index in [4.69, 9.17) is 5.11 Å². The van der Waals surface area contributed by atoms with Crippen LogP contribution in [-0.2, 0) is 4.79 Å². The highest BCUT2D eigenvalue weighted by Crippen LogP contribution is 2.30. The molecule has 0 aliphatic carbocycles. The summed E-state index contributed by atoms with van der Waals surface area (Å²) >= 11 is 0. The summed E-state index contributed by atoms with van der Waals surface area (Å²) in [5.41, 5.74) is 1.06. The summed E-state index contributed by atoms with van der Waals surface area (Å²) in [7, 11) is 0. The number of fused-ring (bicyclic) bond motifs is 1. The van der Waals surface area contributed by atoms with Crippen LogP contribution in [0.15, 0.2) is 30.5 Å². The predicted molar refractivity (Wildman–Crippen MR) is 54.8 cm³/mol. The van der Waals surface area contributed by atoms with Gasteiger partial charge in [0.05, 0.1) is 22.6 Å². The zero-order chi connectivity index (χ0) is 11.0. The van der Waals surface area contributed by atoms with Crippen molar-refractivity contribution in [3.05, 3.63) is 36.0 Å². The zero-order valence-electron chi connectivity index (χ0n) is 7.70. The van der Waals surface area contributed by atoms with E-state index in [1.54, 1.807) is 12.1 Å². The topological polar surface area (TPSA) is 78.4 Å². The van der Waals surface area contributed by atoms with Crippen LogP contribution >= 0.6 is 0 Å². The molecule has 1 amide bonds. The lowest BCUT2D eigenvalue weighted by Gasteiger charge is -2.21. The maximum absolute atomic E-state index is 11.2. The summed E-state index contributed by atoms with van der Waals surface area (Å²) in [5.74, 6) is -1.41. The quantitative estimate of drug-likeness (QED) is 0.602. The van der Waals surface area contributed by atoms with Gasteiger partial charge in [0.25, 0.3) is 5.91 Å². The van der Waals surface area contributed by atoms with Gasteiger partial charge in [0.15, 0.2) is 0 Å². The van der Waals surface area contributed by atoms with Crippen LogP contribution in [0.5, 0.6) is 0 Å². The third-order valence-electron chi connectivity index (χ3n) is 2.09. The van der Waals surface area contributed by atoms with Gasteiger partial charge in [-0.1, -0.05) is 12.6 Å². The number of anilines is 2. The molecule has 5 heteroatoms. The van der Waals surface area contributed by atoms with Crippen molar-refractivity contribution < 1.29 is 14.7 Å². The van der Waals surface area contributed by atoms with E-state index in [1.807, 2.05) is 0 Å². The van der Waals surface area contributed by atoms with E-state index in [0.29, 0.717) is 11.4 Å². The lowest BCUT2D eigenvalue weighted by atomic mass is 10.1. The fourth-order valence-electron chi connectivity index (χ4n) is 1.37. The van der Waals surface area contributed by atoms with Crippen molar-refractivity contribution in [2.75, 3.05) is 10.6 Å². The number of hydrogen-bond acceptors (Lipinski definition) is 3. The Morgan fingerprint density at radius 1 is 1.33 bits per heavy atom. The molecule has 0 saturated carbocycles. The molecule has 76 valence electrons. The largest absolute Gasteiger partial charge is 0.478 e. The minimum Gasteiger partial charge on any atom is -0.478 e. The number of amides is 1. The van der Waals surface area contributed by atoms with Crippen molar-refractivity contribution in [2.24, 2.45) is 0 Å². The van der Waals surface area contributed by atoms with Crippen LogP contribution in [0.4, 0.5) is 11.4 Å². The molecule has 1 aliphatic heterocycles. The molecule has 0 radical (unpaired) electrons. The number of carboxylic acid groups (broad SMARTS) is 1. The highest BCUT2D eigenvalue weighted by atomic mass is 16.4. The SMILES string of the molecule is C=C1Nc2c(cccc2C(=O)O)NC1=O. The van der Waals surface area contributed by atoms with Crippen LogP contribution in [0.25, 0.3) is 0 Å². The van der Waals surface area contributed by atoms with Crippen LogP contribution in [0.1, 0.15) is 10.4 Å². The molecule has 1 aromatic rings. The number of nitrogens with one attached hydrogen (secondary N) is 2. The maximum atomic E-state index is 11.2. The van der Waals surface area contributed by atoms with Gasteiger partial charge in [-0.05, 0) is 12.1 Å². The van der Waals surface area contributed by atoms with Crippen molar-refractivity contribution in [3.63, 3.8) is 0 Å². The Morgan fingerprint density at radius 2 is 2.07 bits per heavy atom. The van der Waals surface area contributed by atoms with Gasteiger partial charge in [0, 0.05) is 0 Å². The molecule has 3 N–H and O–H groups in total. The van der Waals surface area contributed by atoms with E-state index >= 15 is 0 Å². The number of carbonyl (C=O) groups excluding carboxylic acids is 1. The normalized spacial score (nSPS) is 13.9. The monoisotopic (exact) mass is 204 g/mol. The zero-order valence-corrected chi connectivity index (χ0v) is 7.70. The minimum absolute atomic E-state index is 0.105. The van der Waals surface area contributed by atoms with E-state index in [-0.39, 0.29) is 17.2 Å². The second-order valence-electron chi connectivity index (χ2n) is 3.09. The Kier molecular flexibility index (Phi) is 1.93. The van der Waals surface area contributed by atoms with Gasteiger partial charge in [0.1, 0.15) is 0 Å². The van der Waals surface area contributed by atoms with Crippen molar-refractivity contribution in [1.82, 2.24) is 0 Å². The number of carbonyl (C=O) groups is 2. The molecule has 1 aliphatic rings. The van der Waals surface area contributed by atoms with Gasteiger partial charge in [-0.3, -0.25) is 4.79 Å². The van der Waals surface area contributed by atoms with Crippen LogP contribution in [-0.4, -0.2) is 17.0 Å². The molecular formula is C10H8N2O3. The number of carboxylic acids is 1. The summed E-state index contributed by atoms with van der Waals surface area (Å²) in [6.07, 6.45) is 0. The molecule has 2 rings (SSSR count). The van der Waals surface area contributed by atoms with Crippen molar-refractivity contribution in [3.8, 4) is 0 Å². The van der Waals surface area contributed by atoms with Gasteiger partial charge < -0.3 is 15.7 Å².